The van der Waals surface area contributed by atoms with Gasteiger partial charge in [-0.3, -0.25) is 9.59 Å². The normalized spacial score (nSPS) is 20.9. The zero-order chi connectivity index (χ0) is 25.1. The average Bonchev–Trinajstić information content (AvgIpc) is 3.37. The zero-order valence-electron chi connectivity index (χ0n) is 20.9. The first-order valence-electron chi connectivity index (χ1n) is 12.3. The van der Waals surface area contributed by atoms with E-state index in [-0.39, 0.29) is 17.4 Å². The molecule has 4 rings (SSSR count). The van der Waals surface area contributed by atoms with E-state index < -0.39 is 17.7 Å². The van der Waals surface area contributed by atoms with Gasteiger partial charge >= 0.3 is 0 Å². The molecule has 0 aliphatic carbocycles. The summed E-state index contributed by atoms with van der Waals surface area (Å²) in [7, 11) is 1.59. The maximum absolute atomic E-state index is 13.3. The molecule has 2 aromatic carbocycles. The van der Waals surface area contributed by atoms with Crippen LogP contribution in [0.2, 0.25) is 0 Å². The van der Waals surface area contributed by atoms with Crippen molar-refractivity contribution in [3.05, 3.63) is 64.7 Å². The largest absolute Gasteiger partial charge is 0.507 e. The second-order valence-corrected chi connectivity index (χ2v) is 9.10. The summed E-state index contributed by atoms with van der Waals surface area (Å²) in [5.41, 5.74) is 2.37. The summed E-state index contributed by atoms with van der Waals surface area (Å²) < 4.78 is 11.1. The predicted molar refractivity (Wildman–Crippen MR) is 135 cm³/mol. The number of ketones is 1. The Kier molecular flexibility index (Phi) is 7.45. The molecule has 2 aromatic rings. The van der Waals surface area contributed by atoms with Crippen LogP contribution in [0.5, 0.6) is 11.5 Å². The molecule has 1 N–H and O–H groups in total. The Balaban J connectivity index is 1.73. The Bertz CT molecular complexity index is 1120. The molecule has 2 aliphatic rings. The molecular formula is C28H34N2O5. The summed E-state index contributed by atoms with van der Waals surface area (Å²) in [4.78, 5) is 30.3. The minimum Gasteiger partial charge on any atom is -0.507 e. The summed E-state index contributed by atoms with van der Waals surface area (Å²) in [6.45, 7) is 9.31. The third kappa shape index (κ3) is 4.91. The number of Topliss-reactive ketones (excluding diaryl/α,β-unsaturated/α-hetero) is 1. The molecule has 2 heterocycles. The Morgan fingerprint density at radius 1 is 1.14 bits per heavy atom. The van der Waals surface area contributed by atoms with Gasteiger partial charge in [-0.25, -0.2) is 0 Å². The van der Waals surface area contributed by atoms with Crippen molar-refractivity contribution in [1.82, 2.24) is 9.80 Å². The number of hydrogen-bond acceptors (Lipinski definition) is 6. The third-order valence-corrected chi connectivity index (χ3v) is 6.91. The number of aliphatic hydroxyl groups is 1. The fourth-order valence-electron chi connectivity index (χ4n) is 4.97. The maximum Gasteiger partial charge on any atom is 0.295 e. The number of fused-ring (bicyclic) bond motifs is 1. The van der Waals surface area contributed by atoms with Crippen LogP contribution in [0, 0.1) is 0 Å². The number of rotatable bonds is 9. The highest BCUT2D eigenvalue weighted by Gasteiger charge is 2.45. The number of carbonyl (C=O) groups excluding carboxylic acids is 2. The predicted octanol–water partition coefficient (Wildman–Crippen LogP) is 4.17. The second kappa shape index (κ2) is 10.5. The number of ether oxygens (including phenoxy) is 2. The van der Waals surface area contributed by atoms with Crippen molar-refractivity contribution in [2.24, 2.45) is 0 Å². The van der Waals surface area contributed by atoms with E-state index in [9.17, 15) is 14.7 Å². The first-order valence-corrected chi connectivity index (χ1v) is 12.3. The monoisotopic (exact) mass is 478 g/mol. The molecule has 186 valence electrons. The molecular weight excluding hydrogens is 444 g/mol. The van der Waals surface area contributed by atoms with Gasteiger partial charge in [-0.2, -0.15) is 0 Å². The van der Waals surface area contributed by atoms with E-state index in [0.29, 0.717) is 17.9 Å². The molecule has 2 aliphatic heterocycles. The van der Waals surface area contributed by atoms with E-state index in [1.807, 2.05) is 31.2 Å². The molecule has 7 heteroatoms. The molecule has 0 unspecified atom stereocenters. The molecule has 1 saturated heterocycles. The average molecular weight is 479 g/mol. The van der Waals surface area contributed by atoms with Crippen molar-refractivity contribution in [1.29, 1.82) is 0 Å². The van der Waals surface area contributed by atoms with Gasteiger partial charge in [0.2, 0.25) is 0 Å². The van der Waals surface area contributed by atoms with Gasteiger partial charge in [-0.15, -0.1) is 0 Å². The minimum atomic E-state index is -0.666. The summed E-state index contributed by atoms with van der Waals surface area (Å²) in [5, 5.41) is 11.4. The standard InChI is InChI=1S/C28H34N2O5/c1-5-29(6-2)14-7-15-30-25(19-8-11-22(34-4)12-9-19)24(27(32)28(30)33)26(31)20-10-13-23-21(17-20)16-18(3)35-23/h8-13,17-18,25,31H,5-7,14-16H2,1-4H3/t18-,25-/m1/s1. The highest BCUT2D eigenvalue weighted by molar-refractivity contribution is 6.46. The Hall–Kier alpha value is -3.32. The number of aliphatic hydroxyl groups excluding tert-OH is 1. The van der Waals surface area contributed by atoms with Crippen molar-refractivity contribution in [3.8, 4) is 11.5 Å². The Morgan fingerprint density at radius 3 is 2.51 bits per heavy atom. The lowest BCUT2D eigenvalue weighted by Gasteiger charge is -2.27. The van der Waals surface area contributed by atoms with E-state index in [0.717, 1.165) is 49.4 Å². The van der Waals surface area contributed by atoms with Crippen LogP contribution in [0.15, 0.2) is 48.0 Å². The Labute approximate surface area is 206 Å². The van der Waals surface area contributed by atoms with Gasteiger partial charge in [0.05, 0.1) is 18.7 Å². The third-order valence-electron chi connectivity index (χ3n) is 6.91. The zero-order valence-corrected chi connectivity index (χ0v) is 20.9. The van der Waals surface area contributed by atoms with E-state index in [1.54, 1.807) is 30.2 Å². The molecule has 0 bridgehead atoms. The molecule has 2 atom stereocenters. The first kappa shape index (κ1) is 24.8. The molecule has 7 nitrogen and oxygen atoms in total. The van der Waals surface area contributed by atoms with Crippen LogP contribution in [-0.2, 0) is 16.0 Å². The van der Waals surface area contributed by atoms with Crippen molar-refractivity contribution in [2.75, 3.05) is 33.3 Å². The number of hydrogen-bond donors (Lipinski definition) is 1. The van der Waals surface area contributed by atoms with Gasteiger partial charge in [0, 0.05) is 18.5 Å². The number of carbonyl (C=O) groups is 2. The van der Waals surface area contributed by atoms with Gasteiger partial charge in [0.15, 0.2) is 0 Å². The van der Waals surface area contributed by atoms with E-state index in [1.165, 1.54) is 0 Å². The lowest BCUT2D eigenvalue weighted by Crippen LogP contribution is -2.33. The van der Waals surface area contributed by atoms with Gasteiger partial charge < -0.3 is 24.4 Å². The molecule has 1 fully saturated rings. The van der Waals surface area contributed by atoms with Crippen molar-refractivity contribution < 1.29 is 24.2 Å². The van der Waals surface area contributed by atoms with Crippen LogP contribution in [0.3, 0.4) is 0 Å². The van der Waals surface area contributed by atoms with Crippen LogP contribution in [-0.4, -0.2) is 66.0 Å². The lowest BCUT2D eigenvalue weighted by molar-refractivity contribution is -0.140. The van der Waals surface area contributed by atoms with Gasteiger partial charge in [0.1, 0.15) is 23.4 Å². The van der Waals surface area contributed by atoms with E-state index in [4.69, 9.17) is 9.47 Å². The smallest absolute Gasteiger partial charge is 0.295 e. The second-order valence-electron chi connectivity index (χ2n) is 9.10. The fourth-order valence-corrected chi connectivity index (χ4v) is 4.97. The van der Waals surface area contributed by atoms with Crippen LogP contribution < -0.4 is 9.47 Å². The Morgan fingerprint density at radius 2 is 1.86 bits per heavy atom. The van der Waals surface area contributed by atoms with Crippen LogP contribution in [0.4, 0.5) is 0 Å². The maximum atomic E-state index is 13.3. The van der Waals surface area contributed by atoms with Gasteiger partial charge in [0.25, 0.3) is 11.7 Å². The van der Waals surface area contributed by atoms with Crippen molar-refractivity contribution >= 4 is 17.4 Å². The quantitative estimate of drug-likeness (QED) is 0.331. The van der Waals surface area contributed by atoms with Crippen LogP contribution in [0.1, 0.15) is 49.9 Å². The van der Waals surface area contributed by atoms with Gasteiger partial charge in [-0.1, -0.05) is 26.0 Å². The molecule has 35 heavy (non-hydrogen) atoms. The highest BCUT2D eigenvalue weighted by Crippen LogP contribution is 2.41. The van der Waals surface area contributed by atoms with Crippen LogP contribution >= 0.6 is 0 Å². The molecule has 0 radical (unpaired) electrons. The summed E-state index contributed by atoms with van der Waals surface area (Å²) in [6, 6.07) is 12.0. The lowest BCUT2D eigenvalue weighted by atomic mass is 9.94. The van der Waals surface area contributed by atoms with Crippen LogP contribution in [0.25, 0.3) is 5.76 Å². The number of benzene rings is 2. The summed E-state index contributed by atoms with van der Waals surface area (Å²) >= 11 is 0. The van der Waals surface area contributed by atoms with Gasteiger partial charge in [-0.05, 0) is 74.4 Å². The number of likely N-dealkylation sites (tertiary alicyclic amines) is 1. The van der Waals surface area contributed by atoms with E-state index >= 15 is 0 Å². The van der Waals surface area contributed by atoms with E-state index in [2.05, 4.69) is 18.7 Å². The van der Waals surface area contributed by atoms with Crippen molar-refractivity contribution in [2.45, 2.75) is 45.8 Å². The minimum absolute atomic E-state index is 0.0677. The summed E-state index contributed by atoms with van der Waals surface area (Å²) in [6.07, 6.45) is 1.53. The number of amides is 1. The molecule has 1 amide bonds. The number of methoxy groups -OCH3 is 1. The topological polar surface area (TPSA) is 79.3 Å². The highest BCUT2D eigenvalue weighted by atomic mass is 16.5. The SMILES string of the molecule is CCN(CC)CCCN1C(=O)C(=O)C(=C(O)c2ccc3c(c2)C[C@@H](C)O3)[C@H]1c1ccc(OC)cc1. The van der Waals surface area contributed by atoms with Crippen molar-refractivity contribution in [3.63, 3.8) is 0 Å². The molecule has 0 spiro atoms. The number of nitrogens with zero attached hydrogens (tertiary/aromatic N) is 2. The molecule has 0 aromatic heterocycles. The summed E-state index contributed by atoms with van der Waals surface area (Å²) in [5.74, 6) is 0.0802. The first-order chi connectivity index (χ1) is 16.9. The molecule has 0 saturated carbocycles. The fraction of sp³-hybridized carbons (Fsp3) is 0.429.